The van der Waals surface area contributed by atoms with E-state index < -0.39 is 11.2 Å². The summed E-state index contributed by atoms with van der Waals surface area (Å²) in [4.78, 5) is 30.3. The predicted molar refractivity (Wildman–Crippen MR) is 122 cm³/mol. The van der Waals surface area contributed by atoms with Gasteiger partial charge in [-0.15, -0.1) is 0 Å². The number of hydrogen-bond donors (Lipinski definition) is 1. The molecule has 3 heterocycles. The van der Waals surface area contributed by atoms with Gasteiger partial charge in [-0.3, -0.25) is 9.59 Å². The van der Waals surface area contributed by atoms with Crippen LogP contribution in [0.3, 0.4) is 0 Å². The first-order chi connectivity index (χ1) is 15.9. The van der Waals surface area contributed by atoms with E-state index in [4.69, 9.17) is 9.47 Å². The molecule has 1 aromatic rings. The third kappa shape index (κ3) is 2.68. The number of allylic oxidation sites excluding steroid dienone is 2. The van der Waals surface area contributed by atoms with E-state index in [1.807, 2.05) is 26.0 Å². The number of nitrogens with zero attached hydrogens (tertiary/aromatic N) is 1. The van der Waals surface area contributed by atoms with Crippen LogP contribution in [-0.2, 0) is 9.53 Å². The molecule has 6 aliphatic rings. The minimum atomic E-state index is -1.21. The lowest BCUT2D eigenvalue weighted by Gasteiger charge is -2.58. The summed E-state index contributed by atoms with van der Waals surface area (Å²) in [5, 5.41) is 10.5. The Morgan fingerprint density at radius 3 is 2.76 bits per heavy atom. The zero-order valence-corrected chi connectivity index (χ0v) is 19.3. The fourth-order valence-corrected chi connectivity index (χ4v) is 7.01. The Labute approximate surface area is 194 Å². The molecule has 5 atom stereocenters. The van der Waals surface area contributed by atoms with Gasteiger partial charge in [0.15, 0.2) is 22.8 Å². The van der Waals surface area contributed by atoms with Gasteiger partial charge in [0, 0.05) is 30.4 Å². The number of rotatable bonds is 4. The summed E-state index contributed by atoms with van der Waals surface area (Å²) < 4.78 is 13.2. The van der Waals surface area contributed by atoms with Gasteiger partial charge in [0.1, 0.15) is 17.1 Å². The minimum Gasteiger partial charge on any atom is -0.507 e. The molecule has 1 saturated carbocycles. The summed E-state index contributed by atoms with van der Waals surface area (Å²) >= 11 is 0. The lowest BCUT2D eigenvalue weighted by atomic mass is 9.49. The number of Topliss-reactive ketones (excluding diaryl/α,β-unsaturated/α-hetero) is 2. The summed E-state index contributed by atoms with van der Waals surface area (Å²) in [5.74, 6) is -0.352. The fourth-order valence-electron chi connectivity index (χ4n) is 7.01. The van der Waals surface area contributed by atoms with E-state index in [9.17, 15) is 14.7 Å². The normalized spacial score (nSPS) is 36.7. The summed E-state index contributed by atoms with van der Waals surface area (Å²) in [5.41, 5.74) is -0.568. The van der Waals surface area contributed by atoms with Gasteiger partial charge in [-0.25, -0.2) is 0 Å². The Bertz CT molecular complexity index is 1100. The van der Waals surface area contributed by atoms with Gasteiger partial charge in [0.25, 0.3) is 0 Å². The quantitative estimate of drug-likeness (QED) is 0.707. The Hall–Kier alpha value is -2.44. The lowest BCUT2D eigenvalue weighted by molar-refractivity contribution is -0.171. The molecule has 7 rings (SSSR count). The number of phenolic OH excluding ortho intramolecular Hbond substituents is 1. The van der Waals surface area contributed by atoms with E-state index >= 15 is 0 Å². The molecule has 174 valence electrons. The maximum absolute atomic E-state index is 14.1. The second-order valence-electron chi connectivity index (χ2n) is 10.5. The minimum absolute atomic E-state index is 0.0379. The molecule has 33 heavy (non-hydrogen) atoms. The SMILES string of the molecule is CC(C)=CCC12OC[C@@H]3[C@@H](CN4CCCCC4)[C@@H](C=C4C(=O)c5c(O)cccc5O[C@]431)C2=O. The Morgan fingerprint density at radius 2 is 2.00 bits per heavy atom. The van der Waals surface area contributed by atoms with E-state index in [2.05, 4.69) is 4.90 Å². The van der Waals surface area contributed by atoms with E-state index in [1.54, 1.807) is 12.1 Å². The van der Waals surface area contributed by atoms with Gasteiger partial charge in [-0.1, -0.05) is 30.2 Å². The predicted octanol–water partition coefficient (Wildman–Crippen LogP) is 3.69. The van der Waals surface area contributed by atoms with Crippen molar-refractivity contribution in [3.05, 3.63) is 47.1 Å². The number of carbonyl (C=O) groups excluding carboxylic acids is 2. The van der Waals surface area contributed by atoms with Crippen LogP contribution in [0, 0.1) is 17.8 Å². The van der Waals surface area contributed by atoms with Crippen molar-refractivity contribution in [1.82, 2.24) is 4.90 Å². The third-order valence-electron chi connectivity index (χ3n) is 8.52. The molecule has 1 unspecified atom stereocenters. The number of likely N-dealkylation sites (tertiary alicyclic amines) is 1. The first-order valence-electron chi connectivity index (χ1n) is 12.2. The molecular weight excluding hydrogens is 418 g/mol. The Kier molecular flexibility index (Phi) is 4.66. The maximum atomic E-state index is 14.1. The highest BCUT2D eigenvalue weighted by Gasteiger charge is 2.79. The smallest absolute Gasteiger partial charge is 0.200 e. The summed E-state index contributed by atoms with van der Waals surface area (Å²) in [6, 6.07) is 4.91. The third-order valence-corrected chi connectivity index (χ3v) is 8.52. The van der Waals surface area contributed by atoms with Crippen LogP contribution in [0.4, 0.5) is 0 Å². The van der Waals surface area contributed by atoms with Crippen LogP contribution >= 0.6 is 0 Å². The first-order valence-corrected chi connectivity index (χ1v) is 12.2. The first kappa shape index (κ1) is 21.1. The second-order valence-corrected chi connectivity index (χ2v) is 10.5. The molecule has 0 amide bonds. The van der Waals surface area contributed by atoms with Gasteiger partial charge in [0.05, 0.1) is 6.61 Å². The Morgan fingerprint density at radius 1 is 1.21 bits per heavy atom. The van der Waals surface area contributed by atoms with Gasteiger partial charge in [-0.05, 0) is 57.8 Å². The number of phenols is 1. The standard InChI is InChI=1S/C27H31NO5/c1-16(2)9-10-26-25(31)17-13-19-24(30)23-21(29)7-6-8-22(23)33-27(19,26)20(15-32-26)18(17)14-28-11-4-3-5-12-28/h6-9,13,17-18,20,29H,3-5,10-12,14-15H2,1-2H3/t17-,18+,20-,26?,27-/m1/s1. The van der Waals surface area contributed by atoms with Crippen molar-refractivity contribution < 1.29 is 24.2 Å². The van der Waals surface area contributed by atoms with Crippen molar-refractivity contribution in [3.8, 4) is 11.5 Å². The molecule has 0 radical (unpaired) electrons. The molecule has 4 bridgehead atoms. The van der Waals surface area contributed by atoms with Gasteiger partial charge in [-0.2, -0.15) is 0 Å². The van der Waals surface area contributed by atoms with E-state index in [1.165, 1.54) is 25.3 Å². The van der Waals surface area contributed by atoms with Crippen molar-refractivity contribution in [2.45, 2.75) is 50.7 Å². The van der Waals surface area contributed by atoms with Crippen molar-refractivity contribution in [3.63, 3.8) is 0 Å². The second kappa shape index (κ2) is 7.28. The summed E-state index contributed by atoms with van der Waals surface area (Å²) in [6.07, 6.45) is 7.90. The van der Waals surface area contributed by atoms with Crippen LogP contribution < -0.4 is 4.74 Å². The number of fused-ring (bicyclic) bond motifs is 1. The number of ether oxygens (including phenoxy) is 2. The molecule has 3 aliphatic carbocycles. The average Bonchev–Trinajstić information content (AvgIpc) is 3.08. The topological polar surface area (TPSA) is 76.1 Å². The number of benzene rings is 1. The summed E-state index contributed by atoms with van der Waals surface area (Å²) in [6.45, 7) is 7.32. The molecule has 6 nitrogen and oxygen atoms in total. The van der Waals surface area contributed by atoms with Crippen LogP contribution in [0.25, 0.3) is 0 Å². The van der Waals surface area contributed by atoms with Gasteiger partial charge < -0.3 is 19.5 Å². The number of carbonyl (C=O) groups is 2. The number of hydrogen-bond acceptors (Lipinski definition) is 6. The zero-order valence-electron chi connectivity index (χ0n) is 19.3. The van der Waals surface area contributed by atoms with Crippen molar-refractivity contribution in [1.29, 1.82) is 0 Å². The van der Waals surface area contributed by atoms with Crippen molar-refractivity contribution >= 4 is 11.6 Å². The largest absolute Gasteiger partial charge is 0.507 e. The zero-order chi connectivity index (χ0) is 23.0. The van der Waals surface area contributed by atoms with Crippen LogP contribution in [0.15, 0.2) is 41.5 Å². The van der Waals surface area contributed by atoms with Crippen LogP contribution in [0.1, 0.15) is 49.9 Å². The molecule has 6 heteroatoms. The number of ketones is 2. The molecule has 1 N–H and O–H groups in total. The molecular formula is C27H31NO5. The average molecular weight is 450 g/mol. The van der Waals surface area contributed by atoms with E-state index in [0.717, 1.165) is 25.2 Å². The van der Waals surface area contributed by atoms with Gasteiger partial charge in [0.2, 0.25) is 0 Å². The highest BCUT2D eigenvalue weighted by molar-refractivity contribution is 6.18. The van der Waals surface area contributed by atoms with E-state index in [-0.39, 0.29) is 40.6 Å². The van der Waals surface area contributed by atoms with Crippen LogP contribution in [-0.4, -0.2) is 59.0 Å². The number of piperidine rings is 1. The highest BCUT2D eigenvalue weighted by atomic mass is 16.6. The number of aromatic hydroxyl groups is 1. The molecule has 1 aromatic carbocycles. The van der Waals surface area contributed by atoms with Crippen molar-refractivity contribution in [2.75, 3.05) is 26.2 Å². The van der Waals surface area contributed by atoms with Gasteiger partial charge >= 0.3 is 0 Å². The molecule has 1 spiro atoms. The Balaban J connectivity index is 1.51. The molecule has 3 fully saturated rings. The molecule has 3 aliphatic heterocycles. The van der Waals surface area contributed by atoms with E-state index in [0.29, 0.717) is 24.4 Å². The van der Waals surface area contributed by atoms with Crippen LogP contribution in [0.2, 0.25) is 0 Å². The monoisotopic (exact) mass is 449 g/mol. The fraction of sp³-hybridized carbons (Fsp3) is 0.556. The van der Waals surface area contributed by atoms with Crippen LogP contribution in [0.5, 0.6) is 11.5 Å². The lowest BCUT2D eigenvalue weighted by Crippen LogP contribution is -2.74. The maximum Gasteiger partial charge on any atom is 0.200 e. The summed E-state index contributed by atoms with van der Waals surface area (Å²) in [7, 11) is 0. The molecule has 2 saturated heterocycles. The van der Waals surface area contributed by atoms with Crippen molar-refractivity contribution in [2.24, 2.45) is 17.8 Å². The highest BCUT2D eigenvalue weighted by Crippen LogP contribution is 2.65. The molecule has 0 aromatic heterocycles.